The Morgan fingerprint density at radius 1 is 1.40 bits per heavy atom. The van der Waals surface area contributed by atoms with E-state index in [2.05, 4.69) is 37.4 Å². The first-order valence-corrected chi connectivity index (χ1v) is 7.93. The molecule has 0 radical (unpaired) electrons. The molecule has 1 aliphatic heterocycles. The van der Waals surface area contributed by atoms with Gasteiger partial charge in [-0.3, -0.25) is 0 Å². The number of ether oxygens (including phenoxy) is 1. The van der Waals surface area contributed by atoms with E-state index in [-0.39, 0.29) is 0 Å². The minimum atomic E-state index is 0.411. The summed E-state index contributed by atoms with van der Waals surface area (Å²) in [5.41, 5.74) is 8.59. The van der Waals surface area contributed by atoms with Gasteiger partial charge >= 0.3 is 0 Å². The molecule has 0 saturated carbocycles. The van der Waals surface area contributed by atoms with Gasteiger partial charge in [0.05, 0.1) is 6.61 Å². The van der Waals surface area contributed by atoms with Crippen molar-refractivity contribution >= 4 is 0 Å². The molecule has 0 spiro atoms. The van der Waals surface area contributed by atoms with Crippen LogP contribution >= 0.6 is 0 Å². The Kier molecular flexibility index (Phi) is 5.86. The Hall–Kier alpha value is -1.06. The molecule has 3 heteroatoms. The van der Waals surface area contributed by atoms with Gasteiger partial charge in [-0.05, 0) is 49.9 Å². The van der Waals surface area contributed by atoms with Crippen LogP contribution in [0, 0.1) is 6.92 Å². The van der Waals surface area contributed by atoms with Gasteiger partial charge in [0.15, 0.2) is 0 Å². The van der Waals surface area contributed by atoms with Crippen LogP contribution < -0.4 is 15.8 Å². The van der Waals surface area contributed by atoms with Crippen LogP contribution in [0.1, 0.15) is 49.7 Å². The Morgan fingerprint density at radius 2 is 2.25 bits per heavy atom. The standard InChI is InChI=1S/C17H28N2O/c1-3-10-20-17-8-7-14(11-13(17)2)15(12-18)16-6-4-5-9-19-16/h7-8,11,15-16,19H,3-6,9-10,12,18H2,1-2H3. The van der Waals surface area contributed by atoms with E-state index in [9.17, 15) is 0 Å². The van der Waals surface area contributed by atoms with Crippen LogP contribution in [0.5, 0.6) is 5.75 Å². The van der Waals surface area contributed by atoms with Crippen molar-refractivity contribution in [2.75, 3.05) is 19.7 Å². The number of piperidine rings is 1. The highest BCUT2D eigenvalue weighted by atomic mass is 16.5. The van der Waals surface area contributed by atoms with Crippen LogP contribution in [0.2, 0.25) is 0 Å². The zero-order chi connectivity index (χ0) is 14.4. The summed E-state index contributed by atoms with van der Waals surface area (Å²) in [6.07, 6.45) is 4.87. The van der Waals surface area contributed by atoms with Crippen LogP contribution in [0.3, 0.4) is 0 Å². The monoisotopic (exact) mass is 276 g/mol. The number of nitrogens with two attached hydrogens (primary N) is 1. The third-order valence-electron chi connectivity index (χ3n) is 4.18. The molecule has 1 aromatic rings. The average Bonchev–Trinajstić information content (AvgIpc) is 2.48. The van der Waals surface area contributed by atoms with Gasteiger partial charge in [0.2, 0.25) is 0 Å². The third-order valence-corrected chi connectivity index (χ3v) is 4.18. The molecule has 2 rings (SSSR count). The van der Waals surface area contributed by atoms with Gasteiger partial charge in [0, 0.05) is 18.5 Å². The van der Waals surface area contributed by atoms with Crippen molar-refractivity contribution in [1.82, 2.24) is 5.32 Å². The Balaban J connectivity index is 2.11. The van der Waals surface area contributed by atoms with E-state index < -0.39 is 0 Å². The molecule has 2 unspecified atom stereocenters. The first kappa shape index (κ1) is 15.3. The van der Waals surface area contributed by atoms with Gasteiger partial charge in [-0.2, -0.15) is 0 Å². The number of benzene rings is 1. The van der Waals surface area contributed by atoms with Gasteiger partial charge in [-0.25, -0.2) is 0 Å². The summed E-state index contributed by atoms with van der Waals surface area (Å²) < 4.78 is 5.75. The summed E-state index contributed by atoms with van der Waals surface area (Å²) in [4.78, 5) is 0. The molecule has 0 amide bonds. The predicted molar refractivity (Wildman–Crippen MR) is 84.4 cm³/mol. The van der Waals surface area contributed by atoms with Crippen molar-refractivity contribution in [3.63, 3.8) is 0 Å². The van der Waals surface area contributed by atoms with E-state index in [4.69, 9.17) is 10.5 Å². The average molecular weight is 276 g/mol. The molecule has 1 heterocycles. The minimum Gasteiger partial charge on any atom is -0.493 e. The molecule has 3 nitrogen and oxygen atoms in total. The first-order valence-electron chi connectivity index (χ1n) is 7.93. The second-order valence-corrected chi connectivity index (χ2v) is 5.77. The molecule has 3 N–H and O–H groups in total. The van der Waals surface area contributed by atoms with Crippen LogP contribution in [0.15, 0.2) is 18.2 Å². The molecule has 20 heavy (non-hydrogen) atoms. The summed E-state index contributed by atoms with van der Waals surface area (Å²) in [6, 6.07) is 7.06. The molecule has 0 aromatic heterocycles. The second kappa shape index (κ2) is 7.65. The van der Waals surface area contributed by atoms with E-state index in [0.29, 0.717) is 18.5 Å². The number of aryl methyl sites for hydroxylation is 1. The van der Waals surface area contributed by atoms with E-state index in [0.717, 1.165) is 25.3 Å². The summed E-state index contributed by atoms with van der Waals surface area (Å²) in [5.74, 6) is 1.41. The van der Waals surface area contributed by atoms with Crippen molar-refractivity contribution in [3.05, 3.63) is 29.3 Å². The highest BCUT2D eigenvalue weighted by Gasteiger charge is 2.23. The lowest BCUT2D eigenvalue weighted by Crippen LogP contribution is -2.41. The second-order valence-electron chi connectivity index (χ2n) is 5.77. The molecule has 112 valence electrons. The predicted octanol–water partition coefficient (Wildman–Crippen LogP) is 2.97. The molecule has 1 aliphatic rings. The quantitative estimate of drug-likeness (QED) is 0.839. The summed E-state index contributed by atoms with van der Waals surface area (Å²) in [7, 11) is 0. The van der Waals surface area contributed by atoms with E-state index in [1.807, 2.05) is 0 Å². The van der Waals surface area contributed by atoms with Crippen LogP contribution in [-0.4, -0.2) is 25.7 Å². The van der Waals surface area contributed by atoms with Crippen molar-refractivity contribution in [3.8, 4) is 5.75 Å². The topological polar surface area (TPSA) is 47.3 Å². The SMILES string of the molecule is CCCOc1ccc(C(CN)C2CCCCN2)cc1C. The fraction of sp³-hybridized carbons (Fsp3) is 0.647. The molecule has 1 aromatic carbocycles. The highest BCUT2D eigenvalue weighted by molar-refractivity contribution is 5.38. The molecular formula is C17H28N2O. The smallest absolute Gasteiger partial charge is 0.122 e. The Bertz CT molecular complexity index is 413. The maximum Gasteiger partial charge on any atom is 0.122 e. The summed E-state index contributed by atoms with van der Waals surface area (Å²) >= 11 is 0. The van der Waals surface area contributed by atoms with Crippen LogP contribution in [-0.2, 0) is 0 Å². The normalized spacial score (nSPS) is 20.6. The molecule has 2 atom stereocenters. The number of hydrogen-bond donors (Lipinski definition) is 2. The van der Waals surface area contributed by atoms with Crippen molar-refractivity contribution in [2.24, 2.45) is 5.73 Å². The maximum atomic E-state index is 6.03. The highest BCUT2D eigenvalue weighted by Crippen LogP contribution is 2.28. The largest absolute Gasteiger partial charge is 0.493 e. The summed E-state index contributed by atoms with van der Waals surface area (Å²) in [6.45, 7) is 6.86. The van der Waals surface area contributed by atoms with Crippen molar-refractivity contribution in [2.45, 2.75) is 51.5 Å². The van der Waals surface area contributed by atoms with E-state index in [1.54, 1.807) is 0 Å². The Labute approximate surface area is 122 Å². The zero-order valence-corrected chi connectivity index (χ0v) is 12.8. The fourth-order valence-electron chi connectivity index (χ4n) is 3.03. The third kappa shape index (κ3) is 3.74. The fourth-order valence-corrected chi connectivity index (χ4v) is 3.03. The van der Waals surface area contributed by atoms with Crippen LogP contribution in [0.25, 0.3) is 0 Å². The Morgan fingerprint density at radius 3 is 2.85 bits per heavy atom. The van der Waals surface area contributed by atoms with Gasteiger partial charge < -0.3 is 15.8 Å². The number of hydrogen-bond acceptors (Lipinski definition) is 3. The molecule has 1 saturated heterocycles. The summed E-state index contributed by atoms with van der Waals surface area (Å²) in [5, 5.41) is 3.63. The van der Waals surface area contributed by atoms with Gasteiger partial charge in [-0.1, -0.05) is 25.5 Å². The minimum absolute atomic E-state index is 0.411. The molecule has 1 fully saturated rings. The van der Waals surface area contributed by atoms with Gasteiger partial charge in [0.1, 0.15) is 5.75 Å². The lowest BCUT2D eigenvalue weighted by atomic mass is 9.86. The number of nitrogens with one attached hydrogen (secondary N) is 1. The molecule has 0 bridgehead atoms. The lowest BCUT2D eigenvalue weighted by Gasteiger charge is -2.31. The van der Waals surface area contributed by atoms with Crippen LogP contribution in [0.4, 0.5) is 0 Å². The van der Waals surface area contributed by atoms with E-state index >= 15 is 0 Å². The maximum absolute atomic E-state index is 6.03. The lowest BCUT2D eigenvalue weighted by molar-refractivity contribution is 0.314. The van der Waals surface area contributed by atoms with E-state index in [1.165, 1.54) is 30.4 Å². The van der Waals surface area contributed by atoms with Crippen molar-refractivity contribution in [1.29, 1.82) is 0 Å². The van der Waals surface area contributed by atoms with Gasteiger partial charge in [0.25, 0.3) is 0 Å². The van der Waals surface area contributed by atoms with Crippen molar-refractivity contribution < 1.29 is 4.74 Å². The zero-order valence-electron chi connectivity index (χ0n) is 12.8. The molecule has 0 aliphatic carbocycles. The molecular weight excluding hydrogens is 248 g/mol. The first-order chi connectivity index (χ1) is 9.76. The number of rotatable bonds is 6. The van der Waals surface area contributed by atoms with Gasteiger partial charge in [-0.15, -0.1) is 0 Å².